The molecule has 0 radical (unpaired) electrons. The smallest absolute Gasteiger partial charge is 0.306 e. The van der Waals surface area contributed by atoms with Crippen molar-refractivity contribution < 1.29 is 47.7 Å². The normalized spacial score (nSPS) is 16.4. The maximum Gasteiger partial charge on any atom is 0.306 e. The van der Waals surface area contributed by atoms with E-state index in [0.717, 1.165) is 4.90 Å². The molecule has 5 amide bonds. The van der Waals surface area contributed by atoms with E-state index in [-0.39, 0.29) is 42.7 Å². The molecule has 14 nitrogen and oxygen atoms in total. The van der Waals surface area contributed by atoms with Crippen molar-refractivity contribution in [1.82, 2.24) is 15.5 Å². The minimum absolute atomic E-state index is 0.0484. The minimum atomic E-state index is -1.01. The Hall–Kier alpha value is -3.88. The molecule has 1 atom stereocenters. The third kappa shape index (κ3) is 11.5. The molecule has 3 rings (SSSR count). The number of nitrogens with zero attached hydrogens (tertiary/aromatic N) is 1. The number of nitrogens with one attached hydrogen (secondary N) is 3. The molecular weight excluding hydrogens is 588 g/mol. The number of carbonyl (C=O) groups excluding carboxylic acids is 6. The van der Waals surface area contributed by atoms with E-state index in [4.69, 9.17) is 18.9 Å². The van der Waals surface area contributed by atoms with E-state index in [1.165, 1.54) is 0 Å². The summed E-state index contributed by atoms with van der Waals surface area (Å²) in [5.74, 6) is -2.75. The van der Waals surface area contributed by atoms with Crippen LogP contribution >= 0.6 is 0 Å². The molecule has 0 bridgehead atoms. The molecule has 0 aromatic heterocycles. The number of benzene rings is 1. The Labute approximate surface area is 262 Å². The second kappa shape index (κ2) is 17.6. The van der Waals surface area contributed by atoms with E-state index in [1.807, 2.05) is 0 Å². The highest BCUT2D eigenvalue weighted by molar-refractivity contribution is 6.25. The van der Waals surface area contributed by atoms with Crippen LogP contribution in [-0.2, 0) is 38.1 Å². The SMILES string of the molecule is CC(C)(C)OC(=O)CCC(=O)NCCCOCCOCCOCCCNc1cccc2c1C(=O)N(C1CCC(=O)NC1=O)C2=O. The first kappa shape index (κ1) is 35.6. The van der Waals surface area contributed by atoms with Gasteiger partial charge in [-0.15, -0.1) is 0 Å². The number of carbonyl (C=O) groups is 6. The summed E-state index contributed by atoms with van der Waals surface area (Å²) in [5.41, 5.74) is 0.396. The van der Waals surface area contributed by atoms with E-state index in [1.54, 1.807) is 39.0 Å². The molecule has 45 heavy (non-hydrogen) atoms. The molecule has 1 fully saturated rings. The molecule has 248 valence electrons. The van der Waals surface area contributed by atoms with Crippen molar-refractivity contribution in [3.63, 3.8) is 0 Å². The molecule has 14 heteroatoms. The van der Waals surface area contributed by atoms with Gasteiger partial charge < -0.3 is 29.6 Å². The number of esters is 1. The van der Waals surface area contributed by atoms with Crippen molar-refractivity contribution in [2.24, 2.45) is 0 Å². The summed E-state index contributed by atoms with van der Waals surface area (Å²) in [7, 11) is 0. The molecule has 2 heterocycles. The Morgan fingerprint density at radius 2 is 1.53 bits per heavy atom. The van der Waals surface area contributed by atoms with Crippen LogP contribution in [0.4, 0.5) is 5.69 Å². The third-order valence-corrected chi connectivity index (χ3v) is 6.76. The van der Waals surface area contributed by atoms with Gasteiger partial charge in [0.15, 0.2) is 0 Å². The maximum atomic E-state index is 13.1. The van der Waals surface area contributed by atoms with Crippen LogP contribution < -0.4 is 16.0 Å². The van der Waals surface area contributed by atoms with Crippen LogP contribution in [0.2, 0.25) is 0 Å². The second-order valence-corrected chi connectivity index (χ2v) is 11.6. The van der Waals surface area contributed by atoms with Crippen molar-refractivity contribution in [3.8, 4) is 0 Å². The van der Waals surface area contributed by atoms with E-state index >= 15 is 0 Å². The summed E-state index contributed by atoms with van der Waals surface area (Å²) in [6.07, 6.45) is 1.60. The number of hydrogen-bond acceptors (Lipinski definition) is 11. The summed E-state index contributed by atoms with van der Waals surface area (Å²) in [5, 5.41) is 8.12. The predicted molar refractivity (Wildman–Crippen MR) is 161 cm³/mol. The van der Waals surface area contributed by atoms with Gasteiger partial charge in [0.2, 0.25) is 17.7 Å². The third-order valence-electron chi connectivity index (χ3n) is 6.76. The molecule has 3 N–H and O–H groups in total. The van der Waals surface area contributed by atoms with E-state index in [9.17, 15) is 28.8 Å². The zero-order valence-corrected chi connectivity index (χ0v) is 26.2. The summed E-state index contributed by atoms with van der Waals surface area (Å²) in [4.78, 5) is 74.2. The van der Waals surface area contributed by atoms with Gasteiger partial charge >= 0.3 is 5.97 Å². The fourth-order valence-corrected chi connectivity index (χ4v) is 4.70. The first-order valence-electron chi connectivity index (χ1n) is 15.3. The monoisotopic (exact) mass is 632 g/mol. The predicted octanol–water partition coefficient (Wildman–Crippen LogP) is 1.57. The number of hydrogen-bond donors (Lipinski definition) is 3. The van der Waals surface area contributed by atoms with Crippen molar-refractivity contribution in [2.45, 2.75) is 70.9 Å². The molecule has 1 aromatic carbocycles. The van der Waals surface area contributed by atoms with Gasteiger partial charge in [0.25, 0.3) is 11.8 Å². The van der Waals surface area contributed by atoms with Crippen LogP contribution in [0.3, 0.4) is 0 Å². The Morgan fingerprint density at radius 3 is 2.18 bits per heavy atom. The van der Waals surface area contributed by atoms with Crippen molar-refractivity contribution in [1.29, 1.82) is 0 Å². The Bertz CT molecular complexity index is 1230. The van der Waals surface area contributed by atoms with Crippen molar-refractivity contribution in [2.75, 3.05) is 58.0 Å². The first-order chi connectivity index (χ1) is 21.5. The van der Waals surface area contributed by atoms with Crippen LogP contribution in [0.25, 0.3) is 0 Å². The van der Waals surface area contributed by atoms with Crippen LogP contribution in [0.1, 0.15) is 80.0 Å². The van der Waals surface area contributed by atoms with Gasteiger partial charge in [0.05, 0.1) is 44.0 Å². The standard InChI is InChI=1S/C31H44N4O10/c1-31(2,3)45-26(38)12-11-24(36)33-14-6-16-43-18-20-44-19-17-42-15-5-13-32-22-8-4-7-21-27(22)30(41)35(29(21)40)23-9-10-25(37)34-28(23)39/h4,7-8,23,32H,5-6,9-20H2,1-3H3,(H,33,36)(H,34,37,39). The molecule has 0 spiro atoms. The second-order valence-electron chi connectivity index (χ2n) is 11.6. The fourth-order valence-electron chi connectivity index (χ4n) is 4.70. The highest BCUT2D eigenvalue weighted by Gasteiger charge is 2.45. The summed E-state index contributed by atoms with van der Waals surface area (Å²) < 4.78 is 21.7. The van der Waals surface area contributed by atoms with Crippen molar-refractivity contribution >= 4 is 41.2 Å². The average molecular weight is 633 g/mol. The number of rotatable bonds is 19. The molecule has 2 aliphatic rings. The molecule has 0 saturated carbocycles. The minimum Gasteiger partial charge on any atom is -0.460 e. The van der Waals surface area contributed by atoms with Gasteiger partial charge in [0.1, 0.15) is 11.6 Å². The topological polar surface area (TPSA) is 179 Å². The zero-order valence-electron chi connectivity index (χ0n) is 26.2. The molecular formula is C31H44N4O10. The summed E-state index contributed by atoms with van der Waals surface area (Å²) >= 11 is 0. The first-order valence-corrected chi connectivity index (χ1v) is 15.3. The molecule has 0 aliphatic carbocycles. The number of amides is 5. The number of piperidine rings is 1. The van der Waals surface area contributed by atoms with E-state index < -0.39 is 41.2 Å². The summed E-state index contributed by atoms with van der Waals surface area (Å²) in [6.45, 7) is 8.87. The van der Waals surface area contributed by atoms with Gasteiger partial charge in [0, 0.05) is 44.8 Å². The number of imide groups is 2. The summed E-state index contributed by atoms with van der Waals surface area (Å²) in [6, 6.07) is 3.93. The van der Waals surface area contributed by atoms with Gasteiger partial charge in [-0.25, -0.2) is 0 Å². The average Bonchev–Trinajstić information content (AvgIpc) is 3.23. The molecule has 1 aromatic rings. The number of anilines is 1. The maximum absolute atomic E-state index is 13.1. The highest BCUT2D eigenvalue weighted by atomic mass is 16.6. The Morgan fingerprint density at radius 1 is 0.889 bits per heavy atom. The Kier molecular flexibility index (Phi) is 13.9. The largest absolute Gasteiger partial charge is 0.460 e. The lowest BCUT2D eigenvalue weighted by Crippen LogP contribution is -2.54. The zero-order chi connectivity index (χ0) is 32.8. The quantitative estimate of drug-likeness (QED) is 0.115. The van der Waals surface area contributed by atoms with Gasteiger partial charge in [-0.1, -0.05) is 6.07 Å². The van der Waals surface area contributed by atoms with Crippen molar-refractivity contribution in [3.05, 3.63) is 29.3 Å². The van der Waals surface area contributed by atoms with E-state index in [0.29, 0.717) is 71.3 Å². The lowest BCUT2D eigenvalue weighted by Gasteiger charge is -2.27. The fraction of sp³-hybridized carbons (Fsp3) is 0.613. The van der Waals surface area contributed by atoms with Crippen LogP contribution in [0.5, 0.6) is 0 Å². The number of ether oxygens (including phenoxy) is 4. The molecule has 2 aliphatic heterocycles. The highest BCUT2D eigenvalue weighted by Crippen LogP contribution is 2.32. The van der Waals surface area contributed by atoms with Gasteiger partial charge in [-0.3, -0.25) is 39.0 Å². The van der Waals surface area contributed by atoms with Crippen LogP contribution in [0.15, 0.2) is 18.2 Å². The lowest BCUT2D eigenvalue weighted by atomic mass is 10.0. The van der Waals surface area contributed by atoms with Gasteiger partial charge in [-0.2, -0.15) is 0 Å². The van der Waals surface area contributed by atoms with Crippen LogP contribution in [0, 0.1) is 0 Å². The van der Waals surface area contributed by atoms with E-state index in [2.05, 4.69) is 16.0 Å². The van der Waals surface area contributed by atoms with Gasteiger partial charge in [-0.05, 0) is 52.2 Å². The lowest BCUT2D eigenvalue weighted by molar-refractivity contribution is -0.155. The number of fused-ring (bicyclic) bond motifs is 1. The molecule has 1 saturated heterocycles. The van der Waals surface area contributed by atoms with Crippen LogP contribution in [-0.4, -0.2) is 105 Å². The molecule has 1 unspecified atom stereocenters. The Balaban J connectivity index is 1.18.